The lowest BCUT2D eigenvalue weighted by molar-refractivity contribution is 0.464. The van der Waals surface area contributed by atoms with E-state index in [-0.39, 0.29) is 4.90 Å². The minimum atomic E-state index is -4.42. The van der Waals surface area contributed by atoms with Gasteiger partial charge in [0.25, 0.3) is 0 Å². The molecule has 0 aliphatic carbocycles. The first kappa shape index (κ1) is 12.5. The predicted octanol–water partition coefficient (Wildman–Crippen LogP) is 2.95. The molecule has 0 atom stereocenters. The van der Waals surface area contributed by atoms with Crippen LogP contribution in [0.1, 0.15) is 0 Å². The van der Waals surface area contributed by atoms with Gasteiger partial charge in [0.05, 0.1) is 4.90 Å². The molecule has 0 aromatic heterocycles. The van der Waals surface area contributed by atoms with Crippen LogP contribution in [0.2, 0.25) is 0 Å². The Morgan fingerprint density at radius 2 is 1.69 bits per heavy atom. The summed E-state index contributed by atoms with van der Waals surface area (Å²) in [5.74, 6) is 0. The zero-order valence-corrected chi connectivity index (χ0v) is 12.9. The highest BCUT2D eigenvalue weighted by molar-refractivity contribution is 14.1. The van der Waals surface area contributed by atoms with Gasteiger partial charge in [0.2, 0.25) is 0 Å². The largest absolute Gasteiger partial charge is 0.744 e. The van der Waals surface area contributed by atoms with Gasteiger partial charge >= 0.3 is 0 Å². The second kappa shape index (κ2) is 4.39. The molecule has 0 saturated heterocycles. The number of halogens is 2. The maximum Gasteiger partial charge on any atom is 0.125 e. The summed E-state index contributed by atoms with van der Waals surface area (Å²) in [5.41, 5.74) is 0. The molecule has 84 valence electrons. The maximum atomic E-state index is 11.1. The molecule has 0 fully saturated rings. The molecule has 0 spiro atoms. The minimum absolute atomic E-state index is 0.151. The summed E-state index contributed by atoms with van der Waals surface area (Å²) in [4.78, 5) is -0.151. The number of hydrogen-bond donors (Lipinski definition) is 0. The molecule has 0 radical (unpaired) electrons. The summed E-state index contributed by atoms with van der Waals surface area (Å²) < 4.78 is 35.2. The third kappa shape index (κ3) is 2.34. The van der Waals surface area contributed by atoms with Gasteiger partial charge in [-0.15, -0.1) is 0 Å². The molecule has 0 saturated carbocycles. The third-order valence-corrected chi connectivity index (χ3v) is 4.66. The van der Waals surface area contributed by atoms with Crippen LogP contribution >= 0.6 is 45.2 Å². The van der Waals surface area contributed by atoms with Gasteiger partial charge in [0.1, 0.15) is 10.1 Å². The van der Waals surface area contributed by atoms with Crippen LogP contribution in [0.25, 0.3) is 10.8 Å². The van der Waals surface area contributed by atoms with Crippen molar-refractivity contribution in [2.24, 2.45) is 0 Å². The second-order valence-electron chi connectivity index (χ2n) is 3.19. The minimum Gasteiger partial charge on any atom is -0.744 e. The van der Waals surface area contributed by atoms with Crippen molar-refractivity contribution in [3.63, 3.8) is 0 Å². The average Bonchev–Trinajstić information content (AvgIpc) is 2.15. The Morgan fingerprint density at radius 3 is 2.31 bits per heavy atom. The fourth-order valence-corrected chi connectivity index (χ4v) is 3.29. The van der Waals surface area contributed by atoms with Crippen molar-refractivity contribution in [3.8, 4) is 0 Å². The van der Waals surface area contributed by atoms with Crippen molar-refractivity contribution in [3.05, 3.63) is 37.5 Å². The second-order valence-corrected chi connectivity index (χ2v) is 6.95. The molecule has 3 nitrogen and oxygen atoms in total. The number of rotatable bonds is 1. The van der Waals surface area contributed by atoms with E-state index < -0.39 is 10.1 Å². The molecule has 16 heavy (non-hydrogen) atoms. The van der Waals surface area contributed by atoms with Crippen molar-refractivity contribution in [2.75, 3.05) is 0 Å². The number of hydrogen-bond acceptors (Lipinski definition) is 3. The van der Waals surface area contributed by atoms with Gasteiger partial charge in [-0.1, -0.05) is 6.07 Å². The van der Waals surface area contributed by atoms with E-state index in [1.807, 2.05) is 12.1 Å². The molecule has 0 aliphatic heterocycles. The van der Waals surface area contributed by atoms with E-state index in [4.69, 9.17) is 0 Å². The van der Waals surface area contributed by atoms with E-state index in [9.17, 15) is 13.0 Å². The zero-order chi connectivity index (χ0) is 11.9. The third-order valence-electron chi connectivity index (χ3n) is 2.15. The molecule has 0 aliphatic rings. The van der Waals surface area contributed by atoms with Crippen LogP contribution in [-0.4, -0.2) is 13.0 Å². The molecular formula is C10H5I2O3S-. The van der Waals surface area contributed by atoms with Gasteiger partial charge < -0.3 is 4.55 Å². The molecule has 0 bridgehead atoms. The Hall–Kier alpha value is 0.0700. The maximum absolute atomic E-state index is 11.1. The van der Waals surface area contributed by atoms with Crippen LogP contribution in [0.3, 0.4) is 0 Å². The quantitative estimate of drug-likeness (QED) is 0.487. The summed E-state index contributed by atoms with van der Waals surface area (Å²) in [5, 5.41) is 1.28. The predicted molar refractivity (Wildman–Crippen MR) is 77.3 cm³/mol. The SMILES string of the molecule is O=S(=O)([O-])c1ccc(I)c2ccc(I)cc12. The van der Waals surface area contributed by atoms with Crippen LogP contribution in [-0.2, 0) is 10.1 Å². The topological polar surface area (TPSA) is 57.2 Å². The molecule has 2 aromatic carbocycles. The molecule has 2 aromatic rings. The fourth-order valence-electron chi connectivity index (χ4n) is 1.48. The van der Waals surface area contributed by atoms with Gasteiger partial charge in [-0.25, -0.2) is 8.42 Å². The Balaban J connectivity index is 2.98. The summed E-state index contributed by atoms with van der Waals surface area (Å²) in [6, 6.07) is 8.42. The normalized spacial score (nSPS) is 11.9. The van der Waals surface area contributed by atoms with E-state index in [2.05, 4.69) is 45.2 Å². The molecule has 0 heterocycles. The highest BCUT2D eigenvalue weighted by Gasteiger charge is 2.09. The van der Waals surface area contributed by atoms with Crippen LogP contribution in [0.15, 0.2) is 35.2 Å². The number of fused-ring (bicyclic) bond motifs is 1. The van der Waals surface area contributed by atoms with Gasteiger partial charge in [0.15, 0.2) is 0 Å². The van der Waals surface area contributed by atoms with Crippen LogP contribution in [0, 0.1) is 7.14 Å². The van der Waals surface area contributed by atoms with E-state index in [1.54, 1.807) is 12.1 Å². The molecule has 0 amide bonds. The molecular weight excluding hydrogens is 454 g/mol. The van der Waals surface area contributed by atoms with E-state index in [0.29, 0.717) is 5.39 Å². The fraction of sp³-hybridized carbons (Fsp3) is 0. The molecule has 0 unspecified atom stereocenters. The molecule has 2 rings (SSSR count). The molecule has 0 N–H and O–H groups in total. The Labute approximate surface area is 120 Å². The van der Waals surface area contributed by atoms with Crippen molar-refractivity contribution >= 4 is 66.1 Å². The van der Waals surface area contributed by atoms with Crippen molar-refractivity contribution < 1.29 is 13.0 Å². The van der Waals surface area contributed by atoms with Crippen LogP contribution in [0.4, 0.5) is 0 Å². The smallest absolute Gasteiger partial charge is 0.125 e. The monoisotopic (exact) mass is 459 g/mol. The van der Waals surface area contributed by atoms with Gasteiger partial charge in [0, 0.05) is 12.5 Å². The number of benzene rings is 2. The Morgan fingerprint density at radius 1 is 1.00 bits per heavy atom. The van der Waals surface area contributed by atoms with E-state index in [1.165, 1.54) is 6.07 Å². The van der Waals surface area contributed by atoms with E-state index in [0.717, 1.165) is 12.5 Å². The average molecular weight is 459 g/mol. The summed E-state index contributed by atoms with van der Waals surface area (Å²) in [6.07, 6.45) is 0. The first-order valence-corrected chi connectivity index (χ1v) is 7.80. The van der Waals surface area contributed by atoms with Gasteiger partial charge in [-0.2, -0.15) is 0 Å². The van der Waals surface area contributed by atoms with Crippen LogP contribution < -0.4 is 0 Å². The highest BCUT2D eigenvalue weighted by atomic mass is 127. The Bertz CT molecular complexity index is 665. The highest BCUT2D eigenvalue weighted by Crippen LogP contribution is 2.28. The van der Waals surface area contributed by atoms with Gasteiger partial charge in [-0.05, 0) is 74.8 Å². The first-order valence-electron chi connectivity index (χ1n) is 4.23. The van der Waals surface area contributed by atoms with Crippen molar-refractivity contribution in [2.45, 2.75) is 4.90 Å². The summed E-state index contributed by atoms with van der Waals surface area (Å²) in [7, 11) is -4.42. The Kier molecular flexibility index (Phi) is 3.44. The first-order chi connectivity index (χ1) is 7.39. The lowest BCUT2D eigenvalue weighted by Gasteiger charge is -2.11. The van der Waals surface area contributed by atoms with Crippen LogP contribution in [0.5, 0.6) is 0 Å². The lowest BCUT2D eigenvalue weighted by atomic mass is 10.1. The zero-order valence-electron chi connectivity index (χ0n) is 7.78. The summed E-state index contributed by atoms with van der Waals surface area (Å²) in [6.45, 7) is 0. The van der Waals surface area contributed by atoms with Gasteiger partial charge in [-0.3, -0.25) is 0 Å². The van der Waals surface area contributed by atoms with E-state index >= 15 is 0 Å². The summed E-state index contributed by atoms with van der Waals surface area (Å²) >= 11 is 4.20. The lowest BCUT2D eigenvalue weighted by Crippen LogP contribution is -2.00. The molecule has 6 heteroatoms. The van der Waals surface area contributed by atoms with Crippen molar-refractivity contribution in [1.82, 2.24) is 0 Å². The standard InChI is InChI=1S/C10H6I2O3S/c11-6-1-2-7-8(5-6)10(16(13,14)15)4-3-9(7)12/h1-5H,(H,13,14,15)/p-1. The van der Waals surface area contributed by atoms with Crippen molar-refractivity contribution in [1.29, 1.82) is 0 Å².